The van der Waals surface area contributed by atoms with Gasteiger partial charge in [-0.2, -0.15) is 18.2 Å². The molecule has 1 amide bonds. The van der Waals surface area contributed by atoms with Crippen molar-refractivity contribution in [3.63, 3.8) is 0 Å². The molecular weight excluding hydrogens is 275 g/mol. The summed E-state index contributed by atoms with van der Waals surface area (Å²) in [5, 5.41) is 2.38. The van der Waals surface area contributed by atoms with Crippen molar-refractivity contribution >= 4 is 17.7 Å². The van der Waals surface area contributed by atoms with Crippen LogP contribution in [0, 0.1) is 0 Å². The minimum Gasteiger partial charge on any atom is -0.363 e. The van der Waals surface area contributed by atoms with Crippen molar-refractivity contribution in [2.45, 2.75) is 6.18 Å². The Hall–Kier alpha value is -2.06. The topological polar surface area (TPSA) is 61.4 Å². The Kier molecular flexibility index (Phi) is 4.74. The van der Waals surface area contributed by atoms with Crippen LogP contribution in [0.5, 0.6) is 0 Å². The monoisotopic (exact) mass is 291 g/mol. The predicted molar refractivity (Wildman–Crippen MR) is 68.7 cm³/mol. The molecule has 9 heteroatoms. The Morgan fingerprint density at radius 3 is 2.35 bits per heavy atom. The molecule has 0 aromatic carbocycles. The number of alkyl halides is 3. The molecule has 1 rings (SSSR count). The van der Waals surface area contributed by atoms with Crippen LogP contribution in [0.3, 0.4) is 0 Å². The van der Waals surface area contributed by atoms with Crippen LogP contribution in [0.1, 0.15) is 5.69 Å². The number of nitrogens with one attached hydrogen (secondary N) is 1. The van der Waals surface area contributed by atoms with Gasteiger partial charge in [0.05, 0.1) is 6.54 Å². The van der Waals surface area contributed by atoms with Gasteiger partial charge in [0.15, 0.2) is 5.69 Å². The molecule has 1 aromatic rings. The van der Waals surface area contributed by atoms with Crippen LogP contribution in [0.4, 0.5) is 24.9 Å². The fourth-order valence-corrected chi connectivity index (χ4v) is 1.33. The van der Waals surface area contributed by atoms with Crippen molar-refractivity contribution in [3.8, 4) is 0 Å². The second kappa shape index (κ2) is 5.93. The summed E-state index contributed by atoms with van der Waals surface area (Å²) in [5.41, 5.74) is -1.05. The van der Waals surface area contributed by atoms with Gasteiger partial charge < -0.3 is 15.1 Å². The molecule has 0 aliphatic rings. The van der Waals surface area contributed by atoms with Crippen molar-refractivity contribution < 1.29 is 18.0 Å². The lowest BCUT2D eigenvalue weighted by molar-refractivity contribution is -0.141. The molecule has 0 atom stereocenters. The molecule has 0 saturated heterocycles. The van der Waals surface area contributed by atoms with Gasteiger partial charge in [-0.15, -0.1) is 0 Å². The maximum absolute atomic E-state index is 12.8. The summed E-state index contributed by atoms with van der Waals surface area (Å²) in [6.07, 6.45) is -4.57. The minimum atomic E-state index is -4.57. The van der Waals surface area contributed by atoms with Gasteiger partial charge >= 0.3 is 6.18 Å². The number of hydrogen-bond acceptors (Lipinski definition) is 5. The molecule has 112 valence electrons. The SMILES string of the molecule is CNC(=O)CN(C)c1nc(N(C)C)cc(C(F)(F)F)n1. The Labute approximate surface area is 114 Å². The van der Waals surface area contributed by atoms with E-state index in [0.29, 0.717) is 0 Å². The number of rotatable bonds is 4. The number of carbonyl (C=O) groups excluding carboxylic acids is 1. The highest BCUT2D eigenvalue weighted by molar-refractivity contribution is 5.80. The van der Waals surface area contributed by atoms with Crippen molar-refractivity contribution in [3.05, 3.63) is 11.8 Å². The van der Waals surface area contributed by atoms with Gasteiger partial charge in [0.1, 0.15) is 5.82 Å². The number of anilines is 2. The van der Waals surface area contributed by atoms with Crippen molar-refractivity contribution in [2.75, 3.05) is 44.5 Å². The highest BCUT2D eigenvalue weighted by Gasteiger charge is 2.34. The first-order chi connectivity index (χ1) is 9.15. The standard InChI is InChI=1S/C11H16F3N5O/c1-15-9(20)6-19(4)10-16-7(11(12,13)14)5-8(17-10)18(2)3/h5H,6H2,1-4H3,(H,15,20). The molecule has 6 nitrogen and oxygen atoms in total. The Balaban J connectivity index is 3.18. The molecule has 1 heterocycles. The van der Waals surface area contributed by atoms with E-state index in [1.54, 1.807) is 14.1 Å². The first-order valence-corrected chi connectivity index (χ1v) is 5.70. The van der Waals surface area contributed by atoms with Gasteiger partial charge in [0.2, 0.25) is 11.9 Å². The normalized spacial score (nSPS) is 11.2. The third-order valence-corrected chi connectivity index (χ3v) is 2.45. The van der Waals surface area contributed by atoms with Crippen LogP contribution in [0.15, 0.2) is 6.07 Å². The second-order valence-electron chi connectivity index (χ2n) is 4.33. The average Bonchev–Trinajstić information content (AvgIpc) is 2.36. The number of carbonyl (C=O) groups is 1. The number of aromatic nitrogens is 2. The van der Waals surface area contributed by atoms with Crippen LogP contribution in [-0.2, 0) is 11.0 Å². The molecular formula is C11H16F3N5O. The number of amides is 1. The zero-order valence-corrected chi connectivity index (χ0v) is 11.6. The number of halogens is 3. The summed E-state index contributed by atoms with van der Waals surface area (Å²) in [4.78, 5) is 21.4. The summed E-state index contributed by atoms with van der Waals surface area (Å²) in [7, 11) is 6.04. The minimum absolute atomic E-state index is 0.117. The first-order valence-electron chi connectivity index (χ1n) is 5.70. The van der Waals surface area contributed by atoms with E-state index in [2.05, 4.69) is 15.3 Å². The van der Waals surface area contributed by atoms with Crippen LogP contribution in [0.2, 0.25) is 0 Å². The summed E-state index contributed by atoms with van der Waals surface area (Å²) >= 11 is 0. The lowest BCUT2D eigenvalue weighted by atomic mass is 10.3. The van der Waals surface area contributed by atoms with Crippen molar-refractivity contribution in [2.24, 2.45) is 0 Å². The quantitative estimate of drug-likeness (QED) is 0.887. The van der Waals surface area contributed by atoms with Crippen molar-refractivity contribution in [1.82, 2.24) is 15.3 Å². The number of hydrogen-bond donors (Lipinski definition) is 1. The molecule has 0 fully saturated rings. The Bertz CT molecular complexity index is 489. The molecule has 0 unspecified atom stereocenters. The van der Waals surface area contributed by atoms with Crippen LogP contribution in [-0.4, -0.2) is 50.6 Å². The van der Waals surface area contributed by atoms with E-state index in [9.17, 15) is 18.0 Å². The molecule has 1 aromatic heterocycles. The Morgan fingerprint density at radius 1 is 1.30 bits per heavy atom. The van der Waals surface area contributed by atoms with E-state index in [1.807, 2.05) is 0 Å². The van der Waals surface area contributed by atoms with E-state index in [4.69, 9.17) is 0 Å². The van der Waals surface area contributed by atoms with Crippen molar-refractivity contribution in [1.29, 1.82) is 0 Å². The highest BCUT2D eigenvalue weighted by Crippen LogP contribution is 2.30. The smallest absolute Gasteiger partial charge is 0.363 e. The Morgan fingerprint density at radius 2 is 1.90 bits per heavy atom. The summed E-state index contributed by atoms with van der Waals surface area (Å²) < 4.78 is 38.4. The fraction of sp³-hybridized carbons (Fsp3) is 0.545. The predicted octanol–water partition coefficient (Wildman–Crippen LogP) is 0.744. The lowest BCUT2D eigenvalue weighted by Crippen LogP contribution is -2.34. The lowest BCUT2D eigenvalue weighted by Gasteiger charge is -2.20. The van der Waals surface area contributed by atoms with Crippen LogP contribution in [0.25, 0.3) is 0 Å². The first kappa shape index (κ1) is 16.0. The van der Waals surface area contributed by atoms with E-state index < -0.39 is 11.9 Å². The number of likely N-dealkylation sites (N-methyl/N-ethyl adjacent to an activating group) is 2. The zero-order valence-electron chi connectivity index (χ0n) is 11.6. The summed E-state index contributed by atoms with van der Waals surface area (Å²) in [6.45, 7) is -0.134. The van der Waals surface area contributed by atoms with Gasteiger partial charge in [-0.1, -0.05) is 0 Å². The maximum Gasteiger partial charge on any atom is 0.433 e. The molecule has 20 heavy (non-hydrogen) atoms. The molecule has 0 radical (unpaired) electrons. The van der Waals surface area contributed by atoms with Gasteiger partial charge in [-0.3, -0.25) is 4.79 Å². The van der Waals surface area contributed by atoms with Crippen LogP contribution >= 0.6 is 0 Å². The average molecular weight is 291 g/mol. The number of nitrogens with zero attached hydrogens (tertiary/aromatic N) is 4. The summed E-state index contributed by atoms with van der Waals surface area (Å²) in [5.74, 6) is -0.391. The van der Waals surface area contributed by atoms with Gasteiger partial charge in [-0.25, -0.2) is 4.98 Å². The van der Waals surface area contributed by atoms with Crippen LogP contribution < -0.4 is 15.1 Å². The third kappa shape index (κ3) is 3.97. The van der Waals surface area contributed by atoms with Gasteiger partial charge in [-0.05, 0) is 0 Å². The molecule has 0 aliphatic heterocycles. The third-order valence-electron chi connectivity index (χ3n) is 2.45. The second-order valence-corrected chi connectivity index (χ2v) is 4.33. The van der Waals surface area contributed by atoms with Gasteiger partial charge in [0.25, 0.3) is 0 Å². The van der Waals surface area contributed by atoms with E-state index in [-0.39, 0.29) is 24.2 Å². The van der Waals surface area contributed by atoms with Gasteiger partial charge in [0, 0.05) is 34.3 Å². The zero-order chi connectivity index (χ0) is 15.5. The van der Waals surface area contributed by atoms with E-state index >= 15 is 0 Å². The fourth-order valence-electron chi connectivity index (χ4n) is 1.33. The molecule has 1 N–H and O–H groups in total. The largest absolute Gasteiger partial charge is 0.433 e. The summed E-state index contributed by atoms with van der Waals surface area (Å²) in [6, 6.07) is 0.858. The molecule has 0 spiro atoms. The highest BCUT2D eigenvalue weighted by atomic mass is 19.4. The molecule has 0 aliphatic carbocycles. The molecule has 0 bridgehead atoms. The van der Waals surface area contributed by atoms with E-state index in [1.165, 1.54) is 23.9 Å². The van der Waals surface area contributed by atoms with E-state index in [0.717, 1.165) is 6.07 Å². The maximum atomic E-state index is 12.8. The molecule has 0 saturated carbocycles.